The van der Waals surface area contributed by atoms with Gasteiger partial charge in [0.1, 0.15) is 0 Å². The molecule has 1 aliphatic heterocycles. The van der Waals surface area contributed by atoms with Crippen LogP contribution in [0.1, 0.15) is 36.6 Å². The van der Waals surface area contributed by atoms with Crippen molar-refractivity contribution < 1.29 is 9.59 Å². The average molecular weight is 413 g/mol. The number of amides is 2. The Morgan fingerprint density at radius 2 is 1.84 bits per heavy atom. The van der Waals surface area contributed by atoms with Crippen molar-refractivity contribution in [2.24, 2.45) is 5.92 Å². The number of aryl methyl sites for hydroxylation is 1. The van der Waals surface area contributed by atoms with Crippen molar-refractivity contribution in [3.8, 4) is 0 Å². The summed E-state index contributed by atoms with van der Waals surface area (Å²) in [5.74, 6) is 0.101. The molecule has 2 amide bonds. The molecule has 7 heteroatoms. The van der Waals surface area contributed by atoms with Crippen LogP contribution in [0.15, 0.2) is 48.5 Å². The molecule has 4 aromatic rings. The molecule has 6 rings (SSSR count). The van der Waals surface area contributed by atoms with E-state index >= 15 is 0 Å². The molecule has 0 radical (unpaired) electrons. The van der Waals surface area contributed by atoms with Gasteiger partial charge in [-0.25, -0.2) is 0 Å². The van der Waals surface area contributed by atoms with Gasteiger partial charge in [-0.2, -0.15) is 5.10 Å². The van der Waals surface area contributed by atoms with Gasteiger partial charge in [-0.05, 0) is 43.0 Å². The van der Waals surface area contributed by atoms with Gasteiger partial charge < -0.3 is 10.3 Å². The molecule has 1 aliphatic carbocycles. The largest absolute Gasteiger partial charge is 0.356 e. The monoisotopic (exact) mass is 413 g/mol. The molecule has 3 N–H and O–H groups in total. The summed E-state index contributed by atoms with van der Waals surface area (Å²) in [6.45, 7) is 0.353. The second kappa shape index (κ2) is 6.97. The Morgan fingerprint density at radius 3 is 2.71 bits per heavy atom. The zero-order valence-corrected chi connectivity index (χ0v) is 17.0. The number of benzene rings is 2. The number of aromatic amines is 2. The van der Waals surface area contributed by atoms with E-state index in [-0.39, 0.29) is 30.2 Å². The van der Waals surface area contributed by atoms with Gasteiger partial charge in [0.05, 0.1) is 17.5 Å². The van der Waals surface area contributed by atoms with Crippen molar-refractivity contribution in [1.29, 1.82) is 0 Å². The number of para-hydroxylation sites is 2. The predicted octanol–water partition coefficient (Wildman–Crippen LogP) is 3.59. The summed E-state index contributed by atoms with van der Waals surface area (Å²) in [6.07, 6.45) is 3.17. The Morgan fingerprint density at radius 1 is 1.06 bits per heavy atom. The second-order valence-electron chi connectivity index (χ2n) is 8.51. The number of nitrogens with one attached hydrogen (secondary N) is 3. The van der Waals surface area contributed by atoms with Crippen molar-refractivity contribution in [3.63, 3.8) is 0 Å². The summed E-state index contributed by atoms with van der Waals surface area (Å²) < 4.78 is 0. The Hall–Kier alpha value is -3.61. The Kier molecular flexibility index (Phi) is 4.09. The maximum atomic E-state index is 13.1. The number of aromatic nitrogens is 3. The maximum absolute atomic E-state index is 13.1. The fraction of sp³-hybridized carbons (Fsp3) is 0.292. The number of carbonyl (C=O) groups is 2. The zero-order chi connectivity index (χ0) is 20.9. The van der Waals surface area contributed by atoms with Crippen molar-refractivity contribution in [3.05, 3.63) is 59.8 Å². The van der Waals surface area contributed by atoms with E-state index in [9.17, 15) is 9.59 Å². The van der Waals surface area contributed by atoms with E-state index in [2.05, 4.69) is 38.7 Å². The summed E-state index contributed by atoms with van der Waals surface area (Å²) >= 11 is 0. The van der Waals surface area contributed by atoms with Gasteiger partial charge in [0.15, 0.2) is 5.82 Å². The van der Waals surface area contributed by atoms with Crippen molar-refractivity contribution in [2.45, 2.75) is 31.7 Å². The van der Waals surface area contributed by atoms with Crippen LogP contribution < -0.4 is 10.2 Å². The van der Waals surface area contributed by atoms with E-state index in [1.165, 1.54) is 10.9 Å². The van der Waals surface area contributed by atoms with E-state index in [1.54, 1.807) is 4.90 Å². The van der Waals surface area contributed by atoms with E-state index in [4.69, 9.17) is 0 Å². The van der Waals surface area contributed by atoms with Crippen LogP contribution in [0.4, 0.5) is 5.82 Å². The highest BCUT2D eigenvalue weighted by Crippen LogP contribution is 2.35. The van der Waals surface area contributed by atoms with Gasteiger partial charge >= 0.3 is 0 Å². The SMILES string of the molecule is O=C(NC1CCCc2c1[nH]c1ccccc21)C1CC(=O)N(c2n[nH]c3ccccc23)C1. The molecule has 1 fully saturated rings. The van der Waals surface area contributed by atoms with Crippen LogP contribution in [0.25, 0.3) is 21.8 Å². The number of nitrogens with zero attached hydrogens (tertiary/aromatic N) is 2. The first-order valence-corrected chi connectivity index (χ1v) is 10.8. The fourth-order valence-electron chi connectivity index (χ4n) is 5.09. The third-order valence-corrected chi connectivity index (χ3v) is 6.63. The minimum absolute atomic E-state index is 0.0426. The molecule has 2 atom stereocenters. The van der Waals surface area contributed by atoms with Crippen LogP contribution in [0.2, 0.25) is 0 Å². The lowest BCUT2D eigenvalue weighted by molar-refractivity contribution is -0.127. The van der Waals surface area contributed by atoms with E-state index in [1.807, 2.05) is 30.3 Å². The Bertz CT molecular complexity index is 1320. The van der Waals surface area contributed by atoms with Crippen LogP contribution in [0, 0.1) is 5.92 Å². The normalized spacial score (nSPS) is 21.0. The topological polar surface area (TPSA) is 93.9 Å². The molecule has 2 aromatic heterocycles. The molecule has 1 saturated heterocycles. The maximum Gasteiger partial charge on any atom is 0.229 e. The first kappa shape index (κ1) is 18.2. The first-order valence-electron chi connectivity index (χ1n) is 10.8. The number of hydrogen-bond donors (Lipinski definition) is 3. The summed E-state index contributed by atoms with van der Waals surface area (Å²) in [6, 6.07) is 16.0. The molecule has 0 saturated carbocycles. The lowest BCUT2D eigenvalue weighted by Crippen LogP contribution is -2.37. The second-order valence-corrected chi connectivity index (χ2v) is 8.51. The minimum atomic E-state index is -0.377. The molecule has 7 nitrogen and oxygen atoms in total. The number of hydrogen-bond acceptors (Lipinski definition) is 3. The smallest absolute Gasteiger partial charge is 0.229 e. The molecule has 0 bridgehead atoms. The van der Waals surface area contributed by atoms with E-state index in [0.717, 1.165) is 41.4 Å². The first-order chi connectivity index (χ1) is 15.2. The Balaban J connectivity index is 1.22. The summed E-state index contributed by atoms with van der Waals surface area (Å²) in [4.78, 5) is 31.0. The number of anilines is 1. The van der Waals surface area contributed by atoms with E-state index in [0.29, 0.717) is 12.4 Å². The molecule has 2 aliphatic rings. The molecule has 156 valence electrons. The number of H-pyrrole nitrogens is 2. The van der Waals surface area contributed by atoms with Crippen molar-refractivity contribution in [2.75, 3.05) is 11.4 Å². The molecular weight excluding hydrogens is 390 g/mol. The van der Waals surface area contributed by atoms with Crippen molar-refractivity contribution >= 4 is 39.4 Å². The van der Waals surface area contributed by atoms with Crippen LogP contribution >= 0.6 is 0 Å². The molecular formula is C24H23N5O2. The zero-order valence-electron chi connectivity index (χ0n) is 17.0. The van der Waals surface area contributed by atoms with Gasteiger partial charge in [0.2, 0.25) is 11.8 Å². The van der Waals surface area contributed by atoms with Crippen LogP contribution in [-0.2, 0) is 16.0 Å². The van der Waals surface area contributed by atoms with Gasteiger partial charge in [0, 0.05) is 34.9 Å². The van der Waals surface area contributed by atoms with Crippen molar-refractivity contribution in [1.82, 2.24) is 20.5 Å². The van der Waals surface area contributed by atoms with Crippen LogP contribution in [0.3, 0.4) is 0 Å². The lowest BCUT2D eigenvalue weighted by atomic mass is 9.91. The number of rotatable bonds is 3. The molecule has 0 spiro atoms. The average Bonchev–Trinajstić information content (AvgIpc) is 3.49. The fourth-order valence-corrected chi connectivity index (χ4v) is 5.09. The van der Waals surface area contributed by atoms with Crippen LogP contribution in [0.5, 0.6) is 0 Å². The molecule has 2 aromatic carbocycles. The van der Waals surface area contributed by atoms with Gasteiger partial charge in [0.25, 0.3) is 0 Å². The highest BCUT2D eigenvalue weighted by Gasteiger charge is 2.38. The number of carbonyl (C=O) groups excluding carboxylic acids is 2. The van der Waals surface area contributed by atoms with Gasteiger partial charge in [-0.3, -0.25) is 19.6 Å². The highest BCUT2D eigenvalue weighted by atomic mass is 16.2. The Labute approximate surface area is 178 Å². The molecule has 2 unspecified atom stereocenters. The minimum Gasteiger partial charge on any atom is -0.356 e. The van der Waals surface area contributed by atoms with E-state index < -0.39 is 0 Å². The highest BCUT2D eigenvalue weighted by molar-refractivity contribution is 6.05. The lowest BCUT2D eigenvalue weighted by Gasteiger charge is -2.25. The van der Waals surface area contributed by atoms with Gasteiger partial charge in [-0.1, -0.05) is 30.3 Å². The standard InChI is InChI=1S/C24H23N5O2/c30-21-12-14(13-29(21)23-17-7-2-4-10-19(17)27-28-23)24(31)26-20-11-5-8-16-15-6-1-3-9-18(15)25-22(16)20/h1-4,6-7,9-10,14,20,25H,5,8,11-13H2,(H,26,31)(H,27,28). The quantitative estimate of drug-likeness (QED) is 0.479. The summed E-state index contributed by atoms with van der Waals surface area (Å²) in [5, 5.41) is 12.7. The summed E-state index contributed by atoms with van der Waals surface area (Å²) in [5.41, 5.74) is 4.41. The van der Waals surface area contributed by atoms with Gasteiger partial charge in [-0.15, -0.1) is 0 Å². The van der Waals surface area contributed by atoms with Crippen LogP contribution in [-0.4, -0.2) is 33.5 Å². The number of fused-ring (bicyclic) bond motifs is 4. The molecule has 31 heavy (non-hydrogen) atoms. The predicted molar refractivity (Wildman–Crippen MR) is 119 cm³/mol. The third kappa shape index (κ3) is 2.91. The third-order valence-electron chi connectivity index (χ3n) is 6.63. The summed E-state index contributed by atoms with van der Waals surface area (Å²) in [7, 11) is 0. The molecule has 3 heterocycles.